The largest absolute Gasteiger partial charge is 0.495 e. The summed E-state index contributed by atoms with van der Waals surface area (Å²) in [6, 6.07) is 12.2. The smallest absolute Gasteiger partial charge is 0.254 e. The third-order valence-corrected chi connectivity index (χ3v) is 6.27. The molecule has 1 N–H and O–H groups in total. The van der Waals surface area contributed by atoms with Crippen molar-refractivity contribution >= 4 is 21.6 Å². The number of carbonyl (C=O) groups excluding carboxylic acids is 1. The average Bonchev–Trinajstić information content (AvgIpc) is 2.70. The summed E-state index contributed by atoms with van der Waals surface area (Å²) in [6.07, 6.45) is 0. The Morgan fingerprint density at radius 2 is 1.73 bits per heavy atom. The van der Waals surface area contributed by atoms with Crippen molar-refractivity contribution in [1.82, 2.24) is 9.62 Å². The predicted molar refractivity (Wildman–Crippen MR) is 120 cm³/mol. The van der Waals surface area contributed by atoms with Gasteiger partial charge in [-0.2, -0.15) is 0 Å². The van der Waals surface area contributed by atoms with Gasteiger partial charge >= 0.3 is 0 Å². The number of nitrogens with zero attached hydrogens (tertiary/aromatic N) is 2. The molecule has 2 rings (SSSR count). The summed E-state index contributed by atoms with van der Waals surface area (Å²) in [5.41, 5.74) is 2.38. The molecule has 2 aromatic carbocycles. The van der Waals surface area contributed by atoms with Crippen LogP contribution in [0, 0.1) is 0 Å². The van der Waals surface area contributed by atoms with E-state index in [2.05, 4.69) is 4.72 Å². The number of amides is 1. The van der Waals surface area contributed by atoms with E-state index < -0.39 is 10.0 Å². The molecule has 2 aromatic rings. The SMILES string of the molecule is CCN(Cc1ccc(N(C)C)cc1)C(=O)c1ccc(OC)c(S(=O)(=O)NC(C)C)c1. The van der Waals surface area contributed by atoms with Gasteiger partial charge in [0.05, 0.1) is 7.11 Å². The number of nitrogens with one attached hydrogen (secondary N) is 1. The highest BCUT2D eigenvalue weighted by Crippen LogP contribution is 2.26. The number of carbonyl (C=O) groups is 1. The van der Waals surface area contributed by atoms with Gasteiger partial charge in [0.15, 0.2) is 0 Å². The molecule has 0 heterocycles. The molecule has 0 aromatic heterocycles. The molecule has 164 valence electrons. The van der Waals surface area contributed by atoms with Crippen molar-refractivity contribution in [2.45, 2.75) is 38.3 Å². The molecular formula is C22H31N3O4S. The van der Waals surface area contributed by atoms with Crippen molar-refractivity contribution < 1.29 is 17.9 Å². The Balaban J connectivity index is 2.32. The van der Waals surface area contributed by atoms with Crippen molar-refractivity contribution in [2.75, 3.05) is 32.6 Å². The highest BCUT2D eigenvalue weighted by molar-refractivity contribution is 7.89. The van der Waals surface area contributed by atoms with Gasteiger partial charge in [-0.3, -0.25) is 4.79 Å². The van der Waals surface area contributed by atoms with Gasteiger partial charge in [-0.1, -0.05) is 12.1 Å². The van der Waals surface area contributed by atoms with Crippen LogP contribution in [0.2, 0.25) is 0 Å². The molecule has 0 atom stereocenters. The van der Waals surface area contributed by atoms with E-state index in [-0.39, 0.29) is 22.6 Å². The summed E-state index contributed by atoms with van der Waals surface area (Å²) in [4.78, 5) is 16.8. The van der Waals surface area contributed by atoms with E-state index in [0.717, 1.165) is 11.3 Å². The van der Waals surface area contributed by atoms with E-state index in [9.17, 15) is 13.2 Å². The zero-order chi connectivity index (χ0) is 22.5. The molecule has 0 saturated heterocycles. The first-order chi connectivity index (χ1) is 14.1. The van der Waals surface area contributed by atoms with Crippen molar-refractivity contribution in [3.63, 3.8) is 0 Å². The van der Waals surface area contributed by atoms with Gasteiger partial charge in [-0.25, -0.2) is 13.1 Å². The molecule has 0 fully saturated rings. The fourth-order valence-corrected chi connectivity index (χ4v) is 4.47. The molecule has 30 heavy (non-hydrogen) atoms. The number of hydrogen-bond donors (Lipinski definition) is 1. The summed E-state index contributed by atoms with van der Waals surface area (Å²) in [5, 5.41) is 0. The molecule has 8 heteroatoms. The van der Waals surface area contributed by atoms with Crippen LogP contribution in [0.3, 0.4) is 0 Å². The van der Waals surface area contributed by atoms with Gasteiger partial charge in [-0.05, 0) is 56.7 Å². The standard InChI is InChI=1S/C22H31N3O4S/c1-7-25(15-17-8-11-19(12-9-17)24(4)5)22(26)18-10-13-20(29-6)21(14-18)30(27,28)23-16(2)3/h8-14,16,23H,7,15H2,1-6H3. The molecule has 0 aliphatic rings. The maximum atomic E-state index is 13.1. The highest BCUT2D eigenvalue weighted by Gasteiger charge is 2.24. The molecule has 0 saturated carbocycles. The summed E-state index contributed by atoms with van der Waals surface area (Å²) in [6.45, 7) is 6.29. The van der Waals surface area contributed by atoms with Crippen molar-refractivity contribution in [3.05, 3.63) is 53.6 Å². The number of sulfonamides is 1. The molecule has 1 amide bonds. The average molecular weight is 434 g/mol. The van der Waals surface area contributed by atoms with Gasteiger partial charge in [0.25, 0.3) is 5.91 Å². The van der Waals surface area contributed by atoms with E-state index in [1.165, 1.54) is 19.2 Å². The first-order valence-corrected chi connectivity index (χ1v) is 11.3. The number of hydrogen-bond acceptors (Lipinski definition) is 5. The Kier molecular flexibility index (Phi) is 7.86. The predicted octanol–water partition coefficient (Wildman–Crippen LogP) is 3.11. The number of ether oxygens (including phenoxy) is 1. The van der Waals surface area contributed by atoms with E-state index >= 15 is 0 Å². The molecular weight excluding hydrogens is 402 g/mol. The number of methoxy groups -OCH3 is 1. The molecule has 0 spiro atoms. The van der Waals surface area contributed by atoms with Crippen molar-refractivity contribution in [2.24, 2.45) is 0 Å². The van der Waals surface area contributed by atoms with Crippen LogP contribution in [0.1, 0.15) is 36.7 Å². The minimum atomic E-state index is -3.81. The normalized spacial score (nSPS) is 11.4. The molecule has 0 aliphatic heterocycles. The fraction of sp³-hybridized carbons (Fsp3) is 0.409. The second kappa shape index (κ2) is 9.95. The lowest BCUT2D eigenvalue weighted by Crippen LogP contribution is -2.32. The summed E-state index contributed by atoms with van der Waals surface area (Å²) >= 11 is 0. The molecule has 0 bridgehead atoms. The monoisotopic (exact) mass is 433 g/mol. The lowest BCUT2D eigenvalue weighted by atomic mass is 10.1. The third-order valence-electron chi connectivity index (χ3n) is 4.59. The van der Waals surface area contributed by atoms with E-state index in [4.69, 9.17) is 4.74 Å². The lowest BCUT2D eigenvalue weighted by Gasteiger charge is -2.22. The lowest BCUT2D eigenvalue weighted by molar-refractivity contribution is 0.0752. The van der Waals surface area contributed by atoms with Crippen molar-refractivity contribution in [1.29, 1.82) is 0 Å². The zero-order valence-electron chi connectivity index (χ0n) is 18.5. The molecule has 0 unspecified atom stereocenters. The number of rotatable bonds is 9. The first kappa shape index (κ1) is 23.7. The van der Waals surface area contributed by atoms with Crippen LogP contribution >= 0.6 is 0 Å². The fourth-order valence-electron chi connectivity index (χ4n) is 3.02. The molecule has 0 aliphatic carbocycles. The maximum Gasteiger partial charge on any atom is 0.254 e. The minimum Gasteiger partial charge on any atom is -0.495 e. The summed E-state index contributed by atoms with van der Waals surface area (Å²) in [7, 11) is 1.54. The Morgan fingerprint density at radius 3 is 2.23 bits per heavy atom. The minimum absolute atomic E-state index is 0.0454. The van der Waals surface area contributed by atoms with Crippen molar-refractivity contribution in [3.8, 4) is 5.75 Å². The topological polar surface area (TPSA) is 79.0 Å². The quantitative estimate of drug-likeness (QED) is 0.657. The summed E-state index contributed by atoms with van der Waals surface area (Å²) < 4.78 is 33.1. The third kappa shape index (κ3) is 5.73. The molecule has 0 radical (unpaired) electrons. The highest BCUT2D eigenvalue weighted by atomic mass is 32.2. The van der Waals surface area contributed by atoms with E-state index in [1.54, 1.807) is 24.8 Å². The zero-order valence-corrected chi connectivity index (χ0v) is 19.3. The van der Waals surface area contributed by atoms with Gasteiger partial charge < -0.3 is 14.5 Å². The van der Waals surface area contributed by atoms with E-state index in [1.807, 2.05) is 50.2 Å². The Morgan fingerprint density at radius 1 is 1.10 bits per heavy atom. The first-order valence-electron chi connectivity index (χ1n) is 9.85. The Labute approximate surface area is 179 Å². The van der Waals surface area contributed by atoms with Crippen LogP contribution in [0.25, 0.3) is 0 Å². The van der Waals surface area contributed by atoms with Crippen LogP contribution in [0.4, 0.5) is 5.69 Å². The van der Waals surface area contributed by atoms with Gasteiger partial charge in [-0.15, -0.1) is 0 Å². The Hall–Kier alpha value is -2.58. The van der Waals surface area contributed by atoms with Gasteiger partial charge in [0.1, 0.15) is 10.6 Å². The summed E-state index contributed by atoms with van der Waals surface area (Å²) in [5.74, 6) is -0.0418. The van der Waals surface area contributed by atoms with Gasteiger partial charge in [0, 0.05) is 44.5 Å². The number of benzene rings is 2. The van der Waals surface area contributed by atoms with E-state index in [0.29, 0.717) is 18.7 Å². The molecule has 7 nitrogen and oxygen atoms in total. The van der Waals surface area contributed by atoms with Crippen LogP contribution < -0.4 is 14.4 Å². The van der Waals surface area contributed by atoms with Crippen LogP contribution in [0.5, 0.6) is 5.75 Å². The van der Waals surface area contributed by atoms with Crippen LogP contribution in [-0.4, -0.2) is 53.0 Å². The second-order valence-corrected chi connectivity index (χ2v) is 9.20. The Bertz CT molecular complexity index is 970. The maximum absolute atomic E-state index is 13.1. The van der Waals surface area contributed by atoms with Crippen LogP contribution in [0.15, 0.2) is 47.4 Å². The second-order valence-electron chi connectivity index (χ2n) is 7.52. The van der Waals surface area contributed by atoms with Crippen LogP contribution in [-0.2, 0) is 16.6 Å². The van der Waals surface area contributed by atoms with Gasteiger partial charge in [0.2, 0.25) is 10.0 Å². The number of anilines is 1.